The third-order valence-electron chi connectivity index (χ3n) is 4.16. The van der Waals surface area contributed by atoms with Gasteiger partial charge in [-0.2, -0.15) is 5.10 Å². The molecule has 0 aromatic heterocycles. The molecule has 2 N–H and O–H groups in total. The minimum Gasteiger partial charge on any atom is -0.322 e. The van der Waals surface area contributed by atoms with Gasteiger partial charge in [-0.15, -0.1) is 0 Å². The monoisotopic (exact) mass is 503 g/mol. The summed E-state index contributed by atoms with van der Waals surface area (Å²) in [6.45, 7) is 1.76. The Morgan fingerprint density at radius 2 is 1.67 bits per heavy atom. The summed E-state index contributed by atoms with van der Waals surface area (Å²) in [5.41, 5.74) is 5.22. The normalized spacial score (nSPS) is 11.1. The van der Waals surface area contributed by atoms with Gasteiger partial charge in [-0.25, -0.2) is 5.43 Å². The summed E-state index contributed by atoms with van der Waals surface area (Å²) in [6.07, 6.45) is 0. The van der Waals surface area contributed by atoms with Crippen LogP contribution in [0.5, 0.6) is 0 Å². The zero-order valence-electron chi connectivity index (χ0n) is 15.7. The van der Waals surface area contributed by atoms with Crippen molar-refractivity contribution in [2.45, 2.75) is 6.92 Å². The Labute approximate surface area is 192 Å². The van der Waals surface area contributed by atoms with Gasteiger partial charge in [-0.05, 0) is 70.9 Å². The van der Waals surface area contributed by atoms with Crippen LogP contribution < -0.4 is 10.7 Å². The van der Waals surface area contributed by atoms with Gasteiger partial charge in [-0.3, -0.25) is 9.59 Å². The predicted molar refractivity (Wildman–Crippen MR) is 125 cm³/mol. The molecule has 0 aliphatic rings. The van der Waals surface area contributed by atoms with Crippen LogP contribution in [0.2, 0.25) is 10.0 Å². The molecule has 0 unspecified atom stereocenters. The zero-order chi connectivity index (χ0) is 21.7. The number of carbonyl (C=O) groups is 2. The number of anilines is 1. The summed E-state index contributed by atoms with van der Waals surface area (Å²) in [6, 6.07) is 18.9. The molecule has 0 saturated carbocycles. The first-order chi connectivity index (χ1) is 14.3. The molecule has 3 aromatic rings. The van der Waals surface area contributed by atoms with E-state index in [-0.39, 0.29) is 16.8 Å². The lowest BCUT2D eigenvalue weighted by Crippen LogP contribution is -2.19. The first kappa shape index (κ1) is 22.0. The summed E-state index contributed by atoms with van der Waals surface area (Å²) >= 11 is 15.3. The molecule has 0 fully saturated rings. The Balaban J connectivity index is 1.72. The lowest BCUT2D eigenvalue weighted by molar-refractivity contribution is 0.0953. The zero-order valence-corrected chi connectivity index (χ0v) is 18.8. The summed E-state index contributed by atoms with van der Waals surface area (Å²) in [5, 5.41) is 7.68. The maximum absolute atomic E-state index is 12.5. The molecule has 0 radical (unpaired) electrons. The number of rotatable bonds is 5. The molecular formula is C22H16BrCl2N3O2. The number of benzene rings is 3. The van der Waals surface area contributed by atoms with Crippen molar-refractivity contribution >= 4 is 62.3 Å². The molecule has 152 valence electrons. The first-order valence-corrected chi connectivity index (χ1v) is 10.4. The van der Waals surface area contributed by atoms with Gasteiger partial charge in [0.1, 0.15) is 0 Å². The molecule has 0 saturated heterocycles. The van der Waals surface area contributed by atoms with Gasteiger partial charge in [-0.1, -0.05) is 47.5 Å². The average Bonchev–Trinajstić information content (AvgIpc) is 2.72. The topological polar surface area (TPSA) is 70.6 Å². The molecule has 0 heterocycles. The second kappa shape index (κ2) is 9.89. The summed E-state index contributed by atoms with van der Waals surface area (Å²) in [4.78, 5) is 24.8. The molecule has 3 aromatic carbocycles. The summed E-state index contributed by atoms with van der Waals surface area (Å²) < 4.78 is 0.681. The Bertz CT molecular complexity index is 1150. The number of nitrogens with zero attached hydrogens (tertiary/aromatic N) is 1. The maximum Gasteiger partial charge on any atom is 0.272 e. The highest BCUT2D eigenvalue weighted by Crippen LogP contribution is 2.22. The van der Waals surface area contributed by atoms with E-state index in [1.54, 1.807) is 55.5 Å². The highest BCUT2D eigenvalue weighted by molar-refractivity contribution is 9.10. The second-order valence-corrected chi connectivity index (χ2v) is 7.98. The SMILES string of the molecule is C/C(=N/NC(=O)c1ccccc1Br)c1cccc(NC(=O)c2ccc(Cl)cc2Cl)c1. The van der Waals surface area contributed by atoms with E-state index in [2.05, 4.69) is 31.8 Å². The number of hydrazone groups is 1. The average molecular weight is 505 g/mol. The van der Waals surface area contributed by atoms with Crippen LogP contribution in [0.4, 0.5) is 5.69 Å². The predicted octanol–water partition coefficient (Wildman–Crippen LogP) is 6.16. The van der Waals surface area contributed by atoms with Gasteiger partial charge in [0.05, 0.1) is 21.9 Å². The van der Waals surface area contributed by atoms with Crippen molar-refractivity contribution in [2.75, 3.05) is 5.32 Å². The lowest BCUT2D eigenvalue weighted by Gasteiger charge is -2.09. The highest BCUT2D eigenvalue weighted by atomic mass is 79.9. The van der Waals surface area contributed by atoms with Crippen LogP contribution in [0, 0.1) is 0 Å². The van der Waals surface area contributed by atoms with E-state index in [0.29, 0.717) is 32.0 Å². The Kier molecular flexibility index (Phi) is 7.26. The van der Waals surface area contributed by atoms with E-state index in [9.17, 15) is 9.59 Å². The highest BCUT2D eigenvalue weighted by Gasteiger charge is 2.12. The van der Waals surface area contributed by atoms with Crippen LogP contribution in [0.3, 0.4) is 0 Å². The Hall–Kier alpha value is -2.67. The van der Waals surface area contributed by atoms with Crippen LogP contribution in [0.15, 0.2) is 76.3 Å². The fraction of sp³-hybridized carbons (Fsp3) is 0.0455. The van der Waals surface area contributed by atoms with Crippen molar-refractivity contribution in [1.82, 2.24) is 5.43 Å². The molecule has 8 heteroatoms. The van der Waals surface area contributed by atoms with E-state index in [0.717, 1.165) is 5.56 Å². The van der Waals surface area contributed by atoms with E-state index < -0.39 is 0 Å². The fourth-order valence-corrected chi connectivity index (χ4v) is 3.56. The largest absolute Gasteiger partial charge is 0.322 e. The van der Waals surface area contributed by atoms with Crippen molar-refractivity contribution in [3.8, 4) is 0 Å². The summed E-state index contributed by atoms with van der Waals surface area (Å²) in [5.74, 6) is -0.686. The molecule has 5 nitrogen and oxygen atoms in total. The first-order valence-electron chi connectivity index (χ1n) is 8.81. The van der Waals surface area contributed by atoms with E-state index in [1.165, 1.54) is 6.07 Å². The van der Waals surface area contributed by atoms with E-state index >= 15 is 0 Å². The van der Waals surface area contributed by atoms with Gasteiger partial charge in [0.2, 0.25) is 0 Å². The third-order valence-corrected chi connectivity index (χ3v) is 5.40. The molecule has 0 bridgehead atoms. The minimum absolute atomic E-state index is 0.267. The third kappa shape index (κ3) is 5.48. The van der Waals surface area contributed by atoms with Crippen LogP contribution >= 0.6 is 39.1 Å². The van der Waals surface area contributed by atoms with Crippen molar-refractivity contribution in [2.24, 2.45) is 5.10 Å². The van der Waals surface area contributed by atoms with Gasteiger partial charge >= 0.3 is 0 Å². The molecule has 0 atom stereocenters. The summed E-state index contributed by atoms with van der Waals surface area (Å²) in [7, 11) is 0. The molecule has 0 spiro atoms. The van der Waals surface area contributed by atoms with E-state index in [1.807, 2.05) is 12.1 Å². The molecule has 0 aliphatic carbocycles. The maximum atomic E-state index is 12.5. The van der Waals surface area contributed by atoms with Crippen molar-refractivity contribution in [1.29, 1.82) is 0 Å². The molecule has 30 heavy (non-hydrogen) atoms. The van der Waals surface area contributed by atoms with Crippen molar-refractivity contribution in [3.05, 3.63) is 97.9 Å². The van der Waals surface area contributed by atoms with Gasteiger partial charge in [0, 0.05) is 15.2 Å². The van der Waals surface area contributed by atoms with Crippen LogP contribution in [-0.4, -0.2) is 17.5 Å². The van der Waals surface area contributed by atoms with Gasteiger partial charge in [0.15, 0.2) is 0 Å². The van der Waals surface area contributed by atoms with E-state index in [4.69, 9.17) is 23.2 Å². The smallest absolute Gasteiger partial charge is 0.272 e. The quantitative estimate of drug-likeness (QED) is 0.322. The minimum atomic E-state index is -0.356. The molecule has 2 amide bonds. The molecule has 0 aliphatic heterocycles. The Morgan fingerprint density at radius 1 is 0.900 bits per heavy atom. The Morgan fingerprint density at radius 3 is 2.40 bits per heavy atom. The van der Waals surface area contributed by atoms with Crippen LogP contribution in [0.25, 0.3) is 0 Å². The van der Waals surface area contributed by atoms with Crippen LogP contribution in [-0.2, 0) is 0 Å². The fourth-order valence-electron chi connectivity index (χ4n) is 2.60. The van der Waals surface area contributed by atoms with Crippen LogP contribution in [0.1, 0.15) is 33.2 Å². The number of amides is 2. The number of hydrogen-bond acceptors (Lipinski definition) is 3. The standard InChI is InChI=1S/C22H16BrCl2N3O2/c1-13(27-28-22(30)17-7-2-3-8-19(17)23)14-5-4-6-16(11-14)26-21(29)18-10-9-15(24)12-20(18)25/h2-12H,1H3,(H,26,29)(H,28,30)/b27-13-. The number of hydrogen-bond donors (Lipinski definition) is 2. The van der Waals surface area contributed by atoms with Gasteiger partial charge < -0.3 is 5.32 Å². The molecular weight excluding hydrogens is 489 g/mol. The number of halogens is 3. The van der Waals surface area contributed by atoms with Crippen molar-refractivity contribution < 1.29 is 9.59 Å². The van der Waals surface area contributed by atoms with Crippen molar-refractivity contribution in [3.63, 3.8) is 0 Å². The lowest BCUT2D eigenvalue weighted by atomic mass is 10.1. The van der Waals surface area contributed by atoms with Gasteiger partial charge in [0.25, 0.3) is 11.8 Å². The number of nitrogens with one attached hydrogen (secondary N) is 2. The number of carbonyl (C=O) groups excluding carboxylic acids is 2. The second-order valence-electron chi connectivity index (χ2n) is 6.28. The molecule has 3 rings (SSSR count).